The number of rotatable bonds is 2. The first-order valence-corrected chi connectivity index (χ1v) is 2.27. The van der Waals surface area contributed by atoms with Crippen LogP contribution in [-0.4, -0.2) is 5.11 Å². The standard InChI is InChI=1S/C6H9O/c1-2-3-4-5-6-7/h6-7H,4-5H2,1H3. The molecule has 0 fully saturated rings. The van der Waals surface area contributed by atoms with Crippen molar-refractivity contribution in [2.24, 2.45) is 0 Å². The summed E-state index contributed by atoms with van der Waals surface area (Å²) in [6, 6.07) is 0. The van der Waals surface area contributed by atoms with E-state index < -0.39 is 0 Å². The van der Waals surface area contributed by atoms with Gasteiger partial charge in [-0.2, -0.15) is 0 Å². The van der Waals surface area contributed by atoms with Crippen LogP contribution in [0.15, 0.2) is 0 Å². The van der Waals surface area contributed by atoms with Crippen LogP contribution in [0.1, 0.15) is 19.8 Å². The molecular formula is C6H9O. The van der Waals surface area contributed by atoms with Crippen LogP contribution in [0.3, 0.4) is 0 Å². The van der Waals surface area contributed by atoms with Gasteiger partial charge in [-0.3, -0.25) is 0 Å². The fraction of sp³-hybridized carbons (Fsp3) is 0.500. The summed E-state index contributed by atoms with van der Waals surface area (Å²) in [5, 5.41) is 8.10. The van der Waals surface area contributed by atoms with Crippen molar-refractivity contribution in [1.29, 1.82) is 0 Å². The molecule has 0 heterocycles. The molecule has 0 atom stereocenters. The summed E-state index contributed by atoms with van der Waals surface area (Å²) in [5.41, 5.74) is 0. The van der Waals surface area contributed by atoms with Crippen LogP contribution in [0.25, 0.3) is 0 Å². The summed E-state index contributed by atoms with van der Waals surface area (Å²) in [6.07, 6.45) is 1.45. The molecular weight excluding hydrogens is 88.1 g/mol. The van der Waals surface area contributed by atoms with E-state index in [1.54, 1.807) is 6.92 Å². The second-order valence-electron chi connectivity index (χ2n) is 1.15. The largest absolute Gasteiger partial charge is 0.390 e. The molecule has 0 aliphatic carbocycles. The van der Waals surface area contributed by atoms with Crippen LogP contribution < -0.4 is 0 Å². The van der Waals surface area contributed by atoms with Gasteiger partial charge in [-0.1, -0.05) is 0 Å². The van der Waals surface area contributed by atoms with Crippen LogP contribution in [0, 0.1) is 18.4 Å². The highest BCUT2D eigenvalue weighted by molar-refractivity contribution is 4.94. The molecule has 1 heteroatoms. The lowest BCUT2D eigenvalue weighted by Crippen LogP contribution is -1.69. The third-order valence-corrected chi connectivity index (χ3v) is 0.575. The number of unbranched alkanes of at least 4 members (excludes halogenated alkanes) is 1. The average molecular weight is 97.1 g/mol. The molecule has 0 rings (SSSR count). The first kappa shape index (κ1) is 6.52. The van der Waals surface area contributed by atoms with E-state index in [2.05, 4.69) is 11.8 Å². The lowest BCUT2D eigenvalue weighted by molar-refractivity contribution is 0.377. The van der Waals surface area contributed by atoms with E-state index in [0.717, 1.165) is 13.0 Å². The molecule has 0 saturated heterocycles. The zero-order valence-electron chi connectivity index (χ0n) is 4.44. The summed E-state index contributed by atoms with van der Waals surface area (Å²) in [6.45, 7) is 2.92. The highest BCUT2D eigenvalue weighted by Crippen LogP contribution is 1.85. The Bertz CT molecular complexity index is 75.9. The third kappa shape index (κ3) is 5.52. The van der Waals surface area contributed by atoms with Crippen LogP contribution in [0.2, 0.25) is 0 Å². The Balaban J connectivity index is 2.78. The summed E-state index contributed by atoms with van der Waals surface area (Å²) in [4.78, 5) is 0. The smallest absolute Gasteiger partial charge is 0.0808 e. The Morgan fingerprint density at radius 3 is 2.86 bits per heavy atom. The Hall–Kier alpha value is -0.480. The van der Waals surface area contributed by atoms with Gasteiger partial charge in [0, 0.05) is 6.42 Å². The number of aliphatic hydroxyl groups excluding tert-OH is 1. The molecule has 0 aromatic carbocycles. The number of hydrogen-bond donors (Lipinski definition) is 1. The minimum atomic E-state index is 0.681. The van der Waals surface area contributed by atoms with Crippen molar-refractivity contribution in [2.45, 2.75) is 19.8 Å². The minimum absolute atomic E-state index is 0.681. The van der Waals surface area contributed by atoms with E-state index in [0.29, 0.717) is 6.42 Å². The number of hydrogen-bond acceptors (Lipinski definition) is 1. The molecule has 39 valence electrons. The first-order valence-electron chi connectivity index (χ1n) is 2.27. The zero-order chi connectivity index (χ0) is 5.54. The van der Waals surface area contributed by atoms with Gasteiger partial charge < -0.3 is 5.11 Å². The summed E-state index contributed by atoms with van der Waals surface area (Å²) in [5.74, 6) is 5.53. The average Bonchev–Trinajstić information content (AvgIpc) is 1.69. The molecule has 0 aromatic rings. The van der Waals surface area contributed by atoms with Crippen molar-refractivity contribution in [3.05, 3.63) is 6.61 Å². The Kier molecular flexibility index (Phi) is 5.14. The van der Waals surface area contributed by atoms with Crippen LogP contribution in [0.5, 0.6) is 0 Å². The van der Waals surface area contributed by atoms with Crippen molar-refractivity contribution >= 4 is 0 Å². The Labute approximate surface area is 44.4 Å². The molecule has 0 bridgehead atoms. The van der Waals surface area contributed by atoms with Crippen molar-refractivity contribution in [3.8, 4) is 11.8 Å². The topological polar surface area (TPSA) is 20.2 Å². The van der Waals surface area contributed by atoms with E-state index in [9.17, 15) is 0 Å². The van der Waals surface area contributed by atoms with Crippen molar-refractivity contribution in [3.63, 3.8) is 0 Å². The maximum atomic E-state index is 8.10. The molecule has 0 aliphatic heterocycles. The fourth-order valence-electron chi connectivity index (χ4n) is 0.262. The first-order chi connectivity index (χ1) is 3.41. The highest BCUT2D eigenvalue weighted by Gasteiger charge is 1.74. The van der Waals surface area contributed by atoms with Gasteiger partial charge in [0.1, 0.15) is 0 Å². The zero-order valence-corrected chi connectivity index (χ0v) is 4.44. The van der Waals surface area contributed by atoms with Gasteiger partial charge in [0.2, 0.25) is 0 Å². The van der Waals surface area contributed by atoms with Gasteiger partial charge in [0.15, 0.2) is 0 Å². The molecule has 0 amide bonds. The van der Waals surface area contributed by atoms with E-state index in [-0.39, 0.29) is 0 Å². The molecule has 0 saturated carbocycles. The predicted molar refractivity (Wildman–Crippen MR) is 28.9 cm³/mol. The van der Waals surface area contributed by atoms with E-state index >= 15 is 0 Å². The Morgan fingerprint density at radius 1 is 1.71 bits per heavy atom. The fourth-order valence-corrected chi connectivity index (χ4v) is 0.262. The van der Waals surface area contributed by atoms with Gasteiger partial charge in [-0.15, -0.1) is 11.8 Å². The molecule has 0 aliphatic rings. The monoisotopic (exact) mass is 97.1 g/mol. The molecule has 1 nitrogen and oxygen atoms in total. The lowest BCUT2D eigenvalue weighted by atomic mass is 10.3. The van der Waals surface area contributed by atoms with Crippen molar-refractivity contribution in [2.75, 3.05) is 0 Å². The van der Waals surface area contributed by atoms with Gasteiger partial charge in [-0.25, -0.2) is 0 Å². The van der Waals surface area contributed by atoms with Gasteiger partial charge >= 0.3 is 0 Å². The Morgan fingerprint density at radius 2 is 2.43 bits per heavy atom. The second kappa shape index (κ2) is 5.52. The summed E-state index contributed by atoms with van der Waals surface area (Å²) in [7, 11) is 0. The van der Waals surface area contributed by atoms with E-state index in [4.69, 9.17) is 5.11 Å². The maximum Gasteiger partial charge on any atom is 0.0808 e. The van der Waals surface area contributed by atoms with Crippen molar-refractivity contribution < 1.29 is 5.11 Å². The third-order valence-electron chi connectivity index (χ3n) is 0.575. The predicted octanol–water partition coefficient (Wildman–Crippen LogP) is 1.32. The lowest BCUT2D eigenvalue weighted by Gasteiger charge is -1.79. The molecule has 1 N–H and O–H groups in total. The van der Waals surface area contributed by atoms with Gasteiger partial charge in [0.05, 0.1) is 6.61 Å². The molecule has 0 unspecified atom stereocenters. The molecule has 0 spiro atoms. The molecule has 7 heavy (non-hydrogen) atoms. The molecule has 1 radical (unpaired) electrons. The highest BCUT2D eigenvalue weighted by atomic mass is 16.2. The SMILES string of the molecule is CC#CCC[CH]O. The van der Waals surface area contributed by atoms with Crippen LogP contribution in [-0.2, 0) is 0 Å². The van der Waals surface area contributed by atoms with Crippen LogP contribution in [0.4, 0.5) is 0 Å². The second-order valence-corrected chi connectivity index (χ2v) is 1.15. The quantitative estimate of drug-likeness (QED) is 0.407. The minimum Gasteiger partial charge on any atom is -0.390 e. The summed E-state index contributed by atoms with van der Waals surface area (Å²) >= 11 is 0. The van der Waals surface area contributed by atoms with Gasteiger partial charge in [0.25, 0.3) is 0 Å². The van der Waals surface area contributed by atoms with Crippen LogP contribution >= 0.6 is 0 Å². The van der Waals surface area contributed by atoms with E-state index in [1.165, 1.54) is 0 Å². The van der Waals surface area contributed by atoms with Crippen molar-refractivity contribution in [1.82, 2.24) is 0 Å². The summed E-state index contributed by atoms with van der Waals surface area (Å²) < 4.78 is 0. The van der Waals surface area contributed by atoms with Gasteiger partial charge in [-0.05, 0) is 13.3 Å². The maximum absolute atomic E-state index is 8.10. The normalized spacial score (nSPS) is 7.14. The molecule has 0 aromatic heterocycles. The van der Waals surface area contributed by atoms with E-state index in [1.807, 2.05) is 0 Å². The number of aliphatic hydroxyl groups is 1.